The number of hydrogen-bond donors (Lipinski definition) is 0. The Morgan fingerprint density at radius 2 is 1.84 bits per heavy atom. The molecule has 0 N–H and O–H groups in total. The fourth-order valence-electron chi connectivity index (χ4n) is 1.42. The first-order valence-electron chi connectivity index (χ1n) is 5.36. The maximum absolute atomic E-state index is 10.6. The molecule has 0 heterocycles. The van der Waals surface area contributed by atoms with Crippen LogP contribution < -0.4 is 0 Å². The van der Waals surface area contributed by atoms with E-state index in [-0.39, 0.29) is 11.3 Å². The fourth-order valence-corrected chi connectivity index (χ4v) is 1.42. The van der Waals surface area contributed by atoms with Crippen molar-refractivity contribution in [1.29, 1.82) is 5.26 Å². The monoisotopic (exact) mass is 252 g/mol. The minimum Gasteiger partial charge on any atom is -0.258 e. The summed E-state index contributed by atoms with van der Waals surface area (Å²) in [6, 6.07) is 14.8. The number of nitrogens with zero attached hydrogens (tertiary/aromatic N) is 4. The van der Waals surface area contributed by atoms with Gasteiger partial charge in [0.05, 0.1) is 16.2 Å². The van der Waals surface area contributed by atoms with Crippen molar-refractivity contribution in [2.45, 2.75) is 0 Å². The summed E-state index contributed by atoms with van der Waals surface area (Å²) in [7, 11) is 0. The molecule has 2 aromatic rings. The highest BCUT2D eigenvalue weighted by molar-refractivity contribution is 5.57. The summed E-state index contributed by atoms with van der Waals surface area (Å²) in [5.41, 5.74) is 0.922. The number of hydrogen-bond acceptors (Lipinski definition) is 5. The molecule has 0 saturated heterocycles. The molecule has 0 amide bonds. The van der Waals surface area contributed by atoms with Gasteiger partial charge in [-0.1, -0.05) is 18.2 Å². The Kier molecular flexibility index (Phi) is 3.59. The summed E-state index contributed by atoms with van der Waals surface area (Å²) in [4.78, 5) is 10.0. The summed E-state index contributed by atoms with van der Waals surface area (Å²) in [5, 5.41) is 27.4. The summed E-state index contributed by atoms with van der Waals surface area (Å²) in [6.45, 7) is 0. The first-order chi connectivity index (χ1) is 9.20. The van der Waals surface area contributed by atoms with Crippen LogP contribution in [0.4, 0.5) is 17.1 Å². The van der Waals surface area contributed by atoms with E-state index in [0.717, 1.165) is 0 Å². The van der Waals surface area contributed by atoms with E-state index in [1.807, 2.05) is 24.3 Å². The van der Waals surface area contributed by atoms with Gasteiger partial charge in [-0.2, -0.15) is 10.4 Å². The number of benzene rings is 2. The van der Waals surface area contributed by atoms with Crippen LogP contribution in [0.5, 0.6) is 0 Å². The average Bonchev–Trinajstić information content (AvgIpc) is 2.45. The van der Waals surface area contributed by atoms with Gasteiger partial charge in [0.2, 0.25) is 0 Å². The van der Waals surface area contributed by atoms with Crippen LogP contribution in [0.2, 0.25) is 0 Å². The summed E-state index contributed by atoms with van der Waals surface area (Å²) in [5.74, 6) is 0. The van der Waals surface area contributed by atoms with Crippen LogP contribution >= 0.6 is 0 Å². The Hall–Kier alpha value is -3.07. The fraction of sp³-hybridized carbons (Fsp3) is 0. The van der Waals surface area contributed by atoms with Crippen molar-refractivity contribution in [3.8, 4) is 6.07 Å². The molecule has 0 fully saturated rings. The third kappa shape index (κ3) is 2.98. The second-order valence-corrected chi connectivity index (χ2v) is 3.61. The lowest BCUT2D eigenvalue weighted by Crippen LogP contribution is -1.88. The number of rotatable bonds is 3. The van der Waals surface area contributed by atoms with Gasteiger partial charge < -0.3 is 0 Å². The predicted octanol–water partition coefficient (Wildman–Crippen LogP) is 3.88. The molecule has 19 heavy (non-hydrogen) atoms. The van der Waals surface area contributed by atoms with Crippen molar-refractivity contribution < 1.29 is 4.92 Å². The van der Waals surface area contributed by atoms with E-state index in [9.17, 15) is 10.1 Å². The van der Waals surface area contributed by atoms with E-state index in [0.29, 0.717) is 11.4 Å². The molecular weight excluding hydrogens is 244 g/mol. The van der Waals surface area contributed by atoms with E-state index in [4.69, 9.17) is 5.26 Å². The molecule has 0 aliphatic heterocycles. The van der Waals surface area contributed by atoms with Crippen molar-refractivity contribution in [1.82, 2.24) is 0 Å². The lowest BCUT2D eigenvalue weighted by Gasteiger charge is -1.97. The molecule has 2 rings (SSSR count). The van der Waals surface area contributed by atoms with Crippen LogP contribution in [0.1, 0.15) is 5.56 Å². The Balaban J connectivity index is 2.34. The first-order valence-corrected chi connectivity index (χ1v) is 5.36. The van der Waals surface area contributed by atoms with E-state index in [2.05, 4.69) is 10.2 Å². The zero-order valence-corrected chi connectivity index (χ0v) is 9.72. The number of nitriles is 1. The van der Waals surface area contributed by atoms with Gasteiger partial charge in [-0.15, -0.1) is 5.11 Å². The quantitative estimate of drug-likeness (QED) is 0.471. The van der Waals surface area contributed by atoms with Gasteiger partial charge in [0.15, 0.2) is 0 Å². The molecule has 0 atom stereocenters. The summed E-state index contributed by atoms with van der Waals surface area (Å²) < 4.78 is 0. The normalized spacial score (nSPS) is 10.3. The maximum Gasteiger partial charge on any atom is 0.270 e. The largest absolute Gasteiger partial charge is 0.270 e. The van der Waals surface area contributed by atoms with Gasteiger partial charge in [0.1, 0.15) is 11.8 Å². The molecule has 0 aromatic heterocycles. The van der Waals surface area contributed by atoms with Gasteiger partial charge in [0.25, 0.3) is 5.69 Å². The maximum atomic E-state index is 10.6. The Morgan fingerprint density at radius 1 is 1.11 bits per heavy atom. The van der Waals surface area contributed by atoms with Crippen LogP contribution in [0, 0.1) is 21.4 Å². The standard InChI is InChI=1S/C13H8N4O2/c14-9-10-8-12(17(18)19)6-7-13(10)16-15-11-4-2-1-3-5-11/h1-8H. The van der Waals surface area contributed by atoms with Gasteiger partial charge in [-0.3, -0.25) is 10.1 Å². The van der Waals surface area contributed by atoms with E-state index in [1.54, 1.807) is 12.1 Å². The number of nitro benzene ring substituents is 1. The summed E-state index contributed by atoms with van der Waals surface area (Å²) in [6.07, 6.45) is 0. The van der Waals surface area contributed by atoms with Crippen molar-refractivity contribution in [3.63, 3.8) is 0 Å². The number of nitro groups is 1. The molecule has 0 bridgehead atoms. The Labute approximate surface area is 108 Å². The molecule has 92 valence electrons. The highest BCUT2D eigenvalue weighted by Gasteiger charge is 2.10. The third-order valence-electron chi connectivity index (χ3n) is 2.34. The third-order valence-corrected chi connectivity index (χ3v) is 2.34. The van der Waals surface area contributed by atoms with Crippen LogP contribution in [-0.2, 0) is 0 Å². The number of non-ortho nitro benzene ring substituents is 1. The van der Waals surface area contributed by atoms with Crippen LogP contribution in [0.3, 0.4) is 0 Å². The molecule has 0 aliphatic rings. The second kappa shape index (κ2) is 5.51. The van der Waals surface area contributed by atoms with Gasteiger partial charge >= 0.3 is 0 Å². The molecule has 0 aliphatic carbocycles. The smallest absolute Gasteiger partial charge is 0.258 e. The zero-order valence-electron chi connectivity index (χ0n) is 9.72. The molecule has 2 aromatic carbocycles. The SMILES string of the molecule is N#Cc1cc([N+](=O)[O-])ccc1N=Nc1ccccc1. The minimum absolute atomic E-state index is 0.119. The molecule has 0 radical (unpaired) electrons. The van der Waals surface area contributed by atoms with Crippen molar-refractivity contribution >= 4 is 17.1 Å². The lowest BCUT2D eigenvalue weighted by atomic mass is 10.2. The van der Waals surface area contributed by atoms with Crippen LogP contribution in [0.25, 0.3) is 0 Å². The van der Waals surface area contributed by atoms with E-state index >= 15 is 0 Å². The minimum atomic E-state index is -0.557. The second-order valence-electron chi connectivity index (χ2n) is 3.61. The molecule has 0 spiro atoms. The van der Waals surface area contributed by atoms with E-state index in [1.165, 1.54) is 18.2 Å². The summed E-state index contributed by atoms with van der Waals surface area (Å²) >= 11 is 0. The Morgan fingerprint density at radius 3 is 2.47 bits per heavy atom. The molecule has 6 nitrogen and oxygen atoms in total. The molecular formula is C13H8N4O2. The van der Waals surface area contributed by atoms with Crippen molar-refractivity contribution in [2.75, 3.05) is 0 Å². The molecule has 0 unspecified atom stereocenters. The predicted molar refractivity (Wildman–Crippen MR) is 68.4 cm³/mol. The Bertz CT molecular complexity index is 675. The topological polar surface area (TPSA) is 91.6 Å². The molecule has 6 heteroatoms. The van der Waals surface area contributed by atoms with Gasteiger partial charge in [-0.05, 0) is 18.2 Å². The van der Waals surface area contributed by atoms with Gasteiger partial charge in [-0.25, -0.2) is 0 Å². The first kappa shape index (κ1) is 12.4. The number of azo groups is 1. The average molecular weight is 252 g/mol. The van der Waals surface area contributed by atoms with Crippen LogP contribution in [0.15, 0.2) is 58.8 Å². The highest BCUT2D eigenvalue weighted by atomic mass is 16.6. The van der Waals surface area contributed by atoms with E-state index < -0.39 is 4.92 Å². The van der Waals surface area contributed by atoms with Crippen molar-refractivity contribution in [3.05, 3.63) is 64.2 Å². The zero-order chi connectivity index (χ0) is 13.7. The van der Waals surface area contributed by atoms with Crippen LogP contribution in [-0.4, -0.2) is 4.92 Å². The molecule has 0 saturated carbocycles. The lowest BCUT2D eigenvalue weighted by molar-refractivity contribution is -0.384. The van der Waals surface area contributed by atoms with Gasteiger partial charge in [0, 0.05) is 12.1 Å². The van der Waals surface area contributed by atoms with Crippen molar-refractivity contribution in [2.24, 2.45) is 10.2 Å². The highest BCUT2D eigenvalue weighted by Crippen LogP contribution is 2.25.